The van der Waals surface area contributed by atoms with Crippen molar-refractivity contribution >= 4 is 5.97 Å². The summed E-state index contributed by atoms with van der Waals surface area (Å²) in [5.74, 6) is -1.16. The summed E-state index contributed by atoms with van der Waals surface area (Å²) in [6.07, 6.45) is -4.43. The third-order valence-electron chi connectivity index (χ3n) is 2.98. The summed E-state index contributed by atoms with van der Waals surface area (Å²) >= 11 is 0. The molecular weight excluding hydrogens is 272 g/mol. The van der Waals surface area contributed by atoms with Gasteiger partial charge in [-0.25, -0.2) is 4.79 Å². The van der Waals surface area contributed by atoms with Crippen LogP contribution in [0.15, 0.2) is 0 Å². The van der Waals surface area contributed by atoms with Gasteiger partial charge in [-0.3, -0.25) is 0 Å². The molecule has 5 unspecified atom stereocenters. The Morgan fingerprint density at radius 1 is 1.25 bits per heavy atom. The van der Waals surface area contributed by atoms with E-state index in [9.17, 15) is 20.1 Å². The molecule has 1 aliphatic heterocycles. The quantitative estimate of drug-likeness (QED) is 0.407. The first kappa shape index (κ1) is 17.3. The average Bonchev–Trinajstić information content (AvgIpc) is 2.39. The molecule has 0 bridgehead atoms. The summed E-state index contributed by atoms with van der Waals surface area (Å²) < 4.78 is 15.2. The van der Waals surface area contributed by atoms with Gasteiger partial charge in [0, 0.05) is 6.61 Å². The fraction of sp³-hybridized carbons (Fsp3) is 0.917. The van der Waals surface area contributed by atoms with Crippen LogP contribution in [0.1, 0.15) is 19.8 Å². The average molecular weight is 294 g/mol. The molecule has 1 saturated heterocycles. The van der Waals surface area contributed by atoms with Gasteiger partial charge in [-0.1, -0.05) is 13.3 Å². The maximum atomic E-state index is 10.3. The highest BCUT2D eigenvalue weighted by atomic mass is 16.7. The molecule has 4 N–H and O–H groups in total. The summed E-state index contributed by atoms with van der Waals surface area (Å²) in [4.78, 5) is 10.3. The first-order chi connectivity index (χ1) is 9.47. The first-order valence-corrected chi connectivity index (χ1v) is 6.58. The zero-order valence-electron chi connectivity index (χ0n) is 11.3. The molecule has 1 aliphatic rings. The van der Waals surface area contributed by atoms with Crippen LogP contribution in [0.3, 0.4) is 0 Å². The van der Waals surface area contributed by atoms with Crippen LogP contribution in [-0.4, -0.2) is 76.9 Å². The van der Waals surface area contributed by atoms with Gasteiger partial charge < -0.3 is 34.6 Å². The molecular formula is C12H22O8. The monoisotopic (exact) mass is 294 g/mol. The third-order valence-corrected chi connectivity index (χ3v) is 2.98. The maximum absolute atomic E-state index is 10.3. The van der Waals surface area contributed by atoms with E-state index in [2.05, 4.69) is 0 Å². The minimum Gasteiger partial charge on any atom is -0.480 e. The number of aliphatic hydroxyl groups excluding tert-OH is 3. The van der Waals surface area contributed by atoms with E-state index in [1.54, 1.807) is 0 Å². The van der Waals surface area contributed by atoms with Crippen LogP contribution in [0, 0.1) is 0 Å². The number of unbranched alkanes of at least 4 members (excludes halogenated alkanes) is 1. The number of hydrogen-bond donors (Lipinski definition) is 4. The van der Waals surface area contributed by atoms with Crippen LogP contribution >= 0.6 is 0 Å². The molecule has 0 radical (unpaired) electrons. The van der Waals surface area contributed by atoms with Gasteiger partial charge in [0.15, 0.2) is 6.29 Å². The van der Waals surface area contributed by atoms with E-state index in [4.69, 9.17) is 19.3 Å². The number of carboxylic acids is 1. The lowest BCUT2D eigenvalue weighted by Crippen LogP contribution is -2.59. The van der Waals surface area contributed by atoms with Gasteiger partial charge in [-0.15, -0.1) is 0 Å². The Bertz CT molecular complexity index is 297. The lowest BCUT2D eigenvalue weighted by molar-refractivity contribution is -0.298. The third kappa shape index (κ3) is 4.97. The smallest absolute Gasteiger partial charge is 0.329 e. The molecule has 0 aliphatic carbocycles. The first-order valence-electron chi connectivity index (χ1n) is 6.58. The van der Waals surface area contributed by atoms with Gasteiger partial charge in [0.05, 0.1) is 6.61 Å². The predicted octanol–water partition coefficient (Wildman–Crippen LogP) is -1.29. The minimum atomic E-state index is -1.40. The van der Waals surface area contributed by atoms with E-state index in [0.29, 0.717) is 6.61 Å². The van der Waals surface area contributed by atoms with Crippen molar-refractivity contribution in [3.05, 3.63) is 0 Å². The lowest BCUT2D eigenvalue weighted by Gasteiger charge is -2.40. The van der Waals surface area contributed by atoms with Gasteiger partial charge in [-0.2, -0.15) is 0 Å². The molecule has 0 aromatic carbocycles. The van der Waals surface area contributed by atoms with E-state index in [-0.39, 0.29) is 6.61 Å². The Morgan fingerprint density at radius 3 is 2.55 bits per heavy atom. The second-order valence-corrected chi connectivity index (χ2v) is 4.64. The fourth-order valence-corrected chi connectivity index (χ4v) is 1.86. The van der Waals surface area contributed by atoms with Crippen molar-refractivity contribution in [1.29, 1.82) is 0 Å². The molecule has 20 heavy (non-hydrogen) atoms. The van der Waals surface area contributed by atoms with Gasteiger partial charge in [0.2, 0.25) is 0 Å². The van der Waals surface area contributed by atoms with Gasteiger partial charge in [0.25, 0.3) is 0 Å². The molecule has 5 atom stereocenters. The van der Waals surface area contributed by atoms with Gasteiger partial charge in [0.1, 0.15) is 31.0 Å². The number of ether oxygens (including phenoxy) is 3. The molecule has 0 aromatic heterocycles. The Hall–Kier alpha value is -0.770. The maximum Gasteiger partial charge on any atom is 0.329 e. The van der Waals surface area contributed by atoms with Gasteiger partial charge >= 0.3 is 5.97 Å². The molecule has 0 amide bonds. The Kier molecular flexibility index (Phi) is 7.35. The topological polar surface area (TPSA) is 126 Å². The molecule has 0 saturated carbocycles. The molecule has 0 spiro atoms. The normalized spacial score (nSPS) is 34.1. The molecule has 1 rings (SSSR count). The molecule has 1 heterocycles. The van der Waals surface area contributed by atoms with Crippen molar-refractivity contribution in [2.24, 2.45) is 0 Å². The number of rotatable bonds is 8. The van der Waals surface area contributed by atoms with Crippen LogP contribution in [0.25, 0.3) is 0 Å². The summed E-state index contributed by atoms with van der Waals surface area (Å²) in [7, 11) is 0. The number of aliphatic carboxylic acids is 1. The zero-order chi connectivity index (χ0) is 15.1. The number of aliphatic hydroxyl groups is 3. The van der Waals surface area contributed by atoms with Crippen molar-refractivity contribution in [2.45, 2.75) is 50.5 Å². The lowest BCUT2D eigenvalue weighted by atomic mass is 9.99. The molecule has 1 fully saturated rings. The zero-order valence-corrected chi connectivity index (χ0v) is 11.3. The summed E-state index contributed by atoms with van der Waals surface area (Å²) in [6.45, 7) is 1.52. The standard InChI is InChI=1S/C12H22O8/c1-2-3-4-19-11-10(16)9(15)7(20-12(11)17)5-18-6-8(13)14/h7,9-12,15-17H,2-6H2,1H3,(H,13,14). The van der Waals surface area contributed by atoms with E-state index in [1.807, 2.05) is 6.92 Å². The van der Waals surface area contributed by atoms with Crippen molar-refractivity contribution in [2.75, 3.05) is 19.8 Å². The van der Waals surface area contributed by atoms with Crippen LogP contribution in [0.5, 0.6) is 0 Å². The van der Waals surface area contributed by atoms with Crippen LogP contribution < -0.4 is 0 Å². The Balaban J connectivity index is 2.46. The Labute approximate surface area is 116 Å². The van der Waals surface area contributed by atoms with E-state index < -0.39 is 43.3 Å². The largest absolute Gasteiger partial charge is 0.480 e. The van der Waals surface area contributed by atoms with E-state index >= 15 is 0 Å². The number of carboxylic acid groups (broad SMARTS) is 1. The molecule has 0 aromatic rings. The molecule has 8 nitrogen and oxygen atoms in total. The summed E-state index contributed by atoms with van der Waals surface area (Å²) in [6, 6.07) is 0. The highest BCUT2D eigenvalue weighted by Gasteiger charge is 2.44. The summed E-state index contributed by atoms with van der Waals surface area (Å²) in [5, 5.41) is 37.9. The molecule has 118 valence electrons. The number of hydrogen-bond acceptors (Lipinski definition) is 7. The van der Waals surface area contributed by atoms with Crippen molar-refractivity contribution < 1.29 is 39.4 Å². The predicted molar refractivity (Wildman–Crippen MR) is 66.0 cm³/mol. The highest BCUT2D eigenvalue weighted by Crippen LogP contribution is 2.22. The van der Waals surface area contributed by atoms with Crippen molar-refractivity contribution in [3.8, 4) is 0 Å². The van der Waals surface area contributed by atoms with Crippen molar-refractivity contribution in [3.63, 3.8) is 0 Å². The second-order valence-electron chi connectivity index (χ2n) is 4.64. The molecule has 8 heteroatoms. The highest BCUT2D eigenvalue weighted by molar-refractivity contribution is 5.67. The summed E-state index contributed by atoms with van der Waals surface area (Å²) in [5.41, 5.74) is 0. The van der Waals surface area contributed by atoms with Crippen LogP contribution in [0.2, 0.25) is 0 Å². The fourth-order valence-electron chi connectivity index (χ4n) is 1.86. The Morgan fingerprint density at radius 2 is 1.95 bits per heavy atom. The van der Waals surface area contributed by atoms with Crippen LogP contribution in [-0.2, 0) is 19.0 Å². The van der Waals surface area contributed by atoms with Crippen LogP contribution in [0.4, 0.5) is 0 Å². The van der Waals surface area contributed by atoms with E-state index in [1.165, 1.54) is 0 Å². The number of carbonyl (C=O) groups is 1. The minimum absolute atomic E-state index is 0.247. The van der Waals surface area contributed by atoms with E-state index in [0.717, 1.165) is 12.8 Å². The second kappa shape index (κ2) is 8.50. The van der Waals surface area contributed by atoms with Gasteiger partial charge in [-0.05, 0) is 6.42 Å². The van der Waals surface area contributed by atoms with Crippen molar-refractivity contribution in [1.82, 2.24) is 0 Å². The SMILES string of the molecule is CCCCOC1C(O)OC(COCC(=O)O)C(O)C1O.